The largest absolute Gasteiger partial charge is 0.509 e. The SMILES string of the molecule is CC(C)[C@@H]1CC[C@@H](C)C[C@H]1OC(=O)O[C@]1(C(=O)O)[C@H](C)C[C@H]2[C@@H]3C[C@H](F)C4=CC(=O)C=C[C@]4(C)[C@@]3(F)[C@@H](O)C[C@@]21C. The third kappa shape index (κ3) is 4.07. The minimum absolute atomic E-state index is 0.00295. The van der Waals surface area contributed by atoms with E-state index in [9.17, 15) is 24.6 Å². The number of rotatable bonds is 4. The van der Waals surface area contributed by atoms with Crippen molar-refractivity contribution in [2.24, 2.45) is 46.3 Å². The van der Waals surface area contributed by atoms with E-state index in [4.69, 9.17) is 9.47 Å². The Kier molecular flexibility index (Phi) is 7.27. The molecule has 4 fully saturated rings. The third-order valence-electron chi connectivity index (χ3n) is 11.9. The predicted molar refractivity (Wildman–Crippen MR) is 146 cm³/mol. The van der Waals surface area contributed by atoms with Crippen molar-refractivity contribution < 1.29 is 42.9 Å². The topological polar surface area (TPSA) is 110 Å². The van der Waals surface area contributed by atoms with E-state index >= 15 is 8.78 Å². The van der Waals surface area contributed by atoms with Gasteiger partial charge in [0.25, 0.3) is 0 Å². The molecule has 41 heavy (non-hydrogen) atoms. The minimum atomic E-state index is -2.35. The van der Waals surface area contributed by atoms with E-state index in [1.165, 1.54) is 19.1 Å². The number of halogens is 2. The van der Waals surface area contributed by atoms with Crippen molar-refractivity contribution in [2.75, 3.05) is 0 Å². The number of hydrogen-bond acceptors (Lipinski definition) is 6. The highest BCUT2D eigenvalue weighted by Crippen LogP contribution is 2.71. The normalized spacial score (nSPS) is 49.0. The van der Waals surface area contributed by atoms with Crippen LogP contribution in [0.15, 0.2) is 23.8 Å². The van der Waals surface area contributed by atoms with Gasteiger partial charge in [-0.2, -0.15) is 0 Å². The summed E-state index contributed by atoms with van der Waals surface area (Å²) in [5.74, 6) is -3.63. The second-order valence-corrected chi connectivity index (χ2v) is 14.4. The Morgan fingerprint density at radius 1 is 1.10 bits per heavy atom. The molecular formula is C32H44F2O7. The smallest absolute Gasteiger partial charge is 0.478 e. The second-order valence-electron chi connectivity index (χ2n) is 14.4. The van der Waals surface area contributed by atoms with E-state index in [0.717, 1.165) is 18.9 Å². The Hall–Kier alpha value is -2.29. The van der Waals surface area contributed by atoms with E-state index in [0.29, 0.717) is 12.3 Å². The van der Waals surface area contributed by atoms with Gasteiger partial charge in [-0.3, -0.25) is 4.79 Å². The van der Waals surface area contributed by atoms with Gasteiger partial charge in [-0.15, -0.1) is 0 Å². The van der Waals surface area contributed by atoms with Crippen molar-refractivity contribution in [1.82, 2.24) is 0 Å². The van der Waals surface area contributed by atoms with Crippen LogP contribution in [0.3, 0.4) is 0 Å². The van der Waals surface area contributed by atoms with Crippen molar-refractivity contribution in [2.45, 2.75) is 110 Å². The summed E-state index contributed by atoms with van der Waals surface area (Å²) in [5.41, 5.74) is -7.43. The Bertz CT molecular complexity index is 1180. The molecule has 9 heteroatoms. The van der Waals surface area contributed by atoms with Crippen LogP contribution in [-0.2, 0) is 19.1 Å². The fourth-order valence-electron chi connectivity index (χ4n) is 9.77. The van der Waals surface area contributed by atoms with Gasteiger partial charge in [0, 0.05) is 22.7 Å². The number of hydrogen-bond donors (Lipinski definition) is 2. The van der Waals surface area contributed by atoms with Crippen LogP contribution in [0.25, 0.3) is 0 Å². The Morgan fingerprint density at radius 2 is 1.78 bits per heavy atom. The first kappa shape index (κ1) is 30.2. The molecule has 0 spiro atoms. The number of carboxylic acid groups (broad SMARTS) is 1. The first-order chi connectivity index (χ1) is 19.0. The van der Waals surface area contributed by atoms with Gasteiger partial charge in [-0.25, -0.2) is 18.4 Å². The maximum absolute atomic E-state index is 17.4. The monoisotopic (exact) mass is 578 g/mol. The summed E-state index contributed by atoms with van der Waals surface area (Å²) >= 11 is 0. The molecule has 0 aliphatic heterocycles. The second kappa shape index (κ2) is 9.88. The van der Waals surface area contributed by atoms with Crippen LogP contribution in [0.2, 0.25) is 0 Å². The first-order valence-corrected chi connectivity index (χ1v) is 15.1. The number of ether oxygens (including phenoxy) is 2. The van der Waals surface area contributed by atoms with E-state index in [1.54, 1.807) is 13.8 Å². The molecule has 5 rings (SSSR count). The van der Waals surface area contributed by atoms with Crippen LogP contribution in [-0.4, -0.2) is 57.8 Å². The van der Waals surface area contributed by atoms with E-state index in [1.807, 2.05) is 0 Å². The van der Waals surface area contributed by atoms with E-state index in [-0.39, 0.29) is 36.7 Å². The summed E-state index contributed by atoms with van der Waals surface area (Å²) < 4.78 is 44.9. The van der Waals surface area contributed by atoms with Crippen molar-refractivity contribution in [1.29, 1.82) is 0 Å². The quantitative estimate of drug-likeness (QED) is 0.395. The number of ketones is 1. The molecular weight excluding hydrogens is 534 g/mol. The van der Waals surface area contributed by atoms with Crippen molar-refractivity contribution in [3.05, 3.63) is 23.8 Å². The number of alkyl halides is 2. The molecule has 0 radical (unpaired) electrons. The molecule has 12 atom stereocenters. The summed E-state index contributed by atoms with van der Waals surface area (Å²) in [5, 5.41) is 22.2. The molecule has 5 aliphatic carbocycles. The Morgan fingerprint density at radius 3 is 2.41 bits per heavy atom. The maximum Gasteiger partial charge on any atom is 0.509 e. The molecule has 5 aliphatic rings. The van der Waals surface area contributed by atoms with E-state index in [2.05, 4.69) is 20.8 Å². The number of fused-ring (bicyclic) bond motifs is 5. The number of aliphatic hydroxyl groups is 1. The zero-order valence-corrected chi connectivity index (χ0v) is 24.9. The molecule has 2 N–H and O–H groups in total. The standard InChI is InChI=1S/C32H44F2O7/c1-16(2)20-8-7-17(3)11-25(20)40-28(39)41-32(27(37)38)18(4)12-21-22-14-24(33)23-13-19(35)9-10-29(23,5)31(22,34)26(36)15-30(21,32)6/h9-10,13,16-18,20-22,24-26,36H,7-8,11-12,14-15H2,1-6H3,(H,37,38)/t17-,18-,20+,21+,22+,24+,25-,26+,29+,30+,31+,32+/m1/s1. The first-order valence-electron chi connectivity index (χ1n) is 15.1. The van der Waals surface area contributed by atoms with Crippen LogP contribution in [0.5, 0.6) is 0 Å². The number of carboxylic acids is 1. The molecule has 228 valence electrons. The van der Waals surface area contributed by atoms with Gasteiger partial charge in [0.2, 0.25) is 5.60 Å². The maximum atomic E-state index is 17.4. The van der Waals surface area contributed by atoms with Gasteiger partial charge in [0.05, 0.1) is 6.10 Å². The zero-order chi connectivity index (χ0) is 30.3. The molecule has 0 aromatic carbocycles. The molecule has 0 aromatic rings. The van der Waals surface area contributed by atoms with Crippen LogP contribution in [0, 0.1) is 46.3 Å². The summed E-state index contributed by atoms with van der Waals surface area (Å²) in [6.45, 7) is 11.0. The lowest BCUT2D eigenvalue weighted by molar-refractivity contribution is -0.232. The van der Waals surface area contributed by atoms with Crippen LogP contribution >= 0.6 is 0 Å². The van der Waals surface area contributed by atoms with Gasteiger partial charge in [-0.05, 0) is 80.4 Å². The summed E-state index contributed by atoms with van der Waals surface area (Å²) in [7, 11) is 0. The van der Waals surface area contributed by atoms with E-state index < -0.39 is 76.1 Å². The minimum Gasteiger partial charge on any atom is -0.478 e. The van der Waals surface area contributed by atoms with Gasteiger partial charge in [0.1, 0.15) is 12.3 Å². The Labute approximate surface area is 240 Å². The predicted octanol–water partition coefficient (Wildman–Crippen LogP) is 5.99. The van der Waals surface area contributed by atoms with Gasteiger partial charge in [-0.1, -0.05) is 47.1 Å². The molecule has 4 saturated carbocycles. The van der Waals surface area contributed by atoms with Crippen molar-refractivity contribution >= 4 is 17.9 Å². The van der Waals surface area contributed by atoms with Gasteiger partial charge >= 0.3 is 12.1 Å². The number of aliphatic hydroxyl groups excluding tert-OH is 1. The molecule has 0 unspecified atom stereocenters. The fourth-order valence-corrected chi connectivity index (χ4v) is 9.77. The lowest BCUT2D eigenvalue weighted by Crippen LogP contribution is -2.71. The number of carbonyl (C=O) groups excluding carboxylic acids is 2. The lowest BCUT2D eigenvalue weighted by Gasteiger charge is -2.62. The molecule has 0 aromatic heterocycles. The van der Waals surface area contributed by atoms with Crippen molar-refractivity contribution in [3.63, 3.8) is 0 Å². The molecule has 0 amide bonds. The average Bonchev–Trinajstić information content (AvgIpc) is 3.09. The third-order valence-corrected chi connectivity index (χ3v) is 11.9. The summed E-state index contributed by atoms with van der Waals surface area (Å²) in [4.78, 5) is 38.6. The average molecular weight is 579 g/mol. The van der Waals surface area contributed by atoms with Crippen LogP contribution in [0.4, 0.5) is 13.6 Å². The van der Waals surface area contributed by atoms with Crippen LogP contribution in [0.1, 0.15) is 80.1 Å². The molecule has 0 heterocycles. The lowest BCUT2D eigenvalue weighted by atomic mass is 9.44. The summed E-state index contributed by atoms with van der Waals surface area (Å²) in [6.07, 6.45) is 0.967. The summed E-state index contributed by atoms with van der Waals surface area (Å²) in [6, 6.07) is 0. The highest BCUT2D eigenvalue weighted by molar-refractivity contribution is 6.01. The highest BCUT2D eigenvalue weighted by atomic mass is 19.1. The number of carbonyl (C=O) groups is 3. The zero-order valence-electron chi connectivity index (χ0n) is 24.9. The van der Waals surface area contributed by atoms with Gasteiger partial charge < -0.3 is 19.7 Å². The number of aliphatic carboxylic acids is 1. The Balaban J connectivity index is 1.50. The highest BCUT2D eigenvalue weighted by Gasteiger charge is 2.78. The van der Waals surface area contributed by atoms with Crippen molar-refractivity contribution in [3.8, 4) is 0 Å². The molecule has 7 nitrogen and oxygen atoms in total. The molecule has 0 bridgehead atoms. The van der Waals surface area contributed by atoms with Gasteiger partial charge in [0.15, 0.2) is 11.5 Å². The number of allylic oxidation sites excluding steroid dienone is 4. The van der Waals surface area contributed by atoms with Crippen LogP contribution < -0.4 is 0 Å². The fraction of sp³-hybridized carbons (Fsp3) is 0.781. The molecule has 0 saturated heterocycles.